The van der Waals surface area contributed by atoms with E-state index in [0.717, 1.165) is 16.8 Å². The standard InChI is InChI=1S/C21H20ClN3O2/c1-12-4-5-15(8-13(12)2)20-23-21(27-24-20)16-10-19(26)25(11-16)17-6-7-18(22)14(3)9-17/h4-9,16H,10-11H2,1-3H3. The number of benzene rings is 2. The van der Waals surface area contributed by atoms with E-state index in [-0.39, 0.29) is 11.8 Å². The predicted molar refractivity (Wildman–Crippen MR) is 105 cm³/mol. The Morgan fingerprint density at radius 2 is 1.89 bits per heavy atom. The molecule has 0 bridgehead atoms. The quantitative estimate of drug-likeness (QED) is 0.651. The molecular formula is C21H20ClN3O2. The number of nitrogens with zero attached hydrogens (tertiary/aromatic N) is 3. The summed E-state index contributed by atoms with van der Waals surface area (Å²) in [5, 5.41) is 4.81. The van der Waals surface area contributed by atoms with Gasteiger partial charge in [-0.15, -0.1) is 0 Å². The number of carbonyl (C=O) groups excluding carboxylic acids is 1. The Labute approximate surface area is 163 Å². The minimum atomic E-state index is -0.110. The third-order valence-electron chi connectivity index (χ3n) is 5.13. The summed E-state index contributed by atoms with van der Waals surface area (Å²) in [6.45, 7) is 6.57. The van der Waals surface area contributed by atoms with Crippen LogP contribution in [0.2, 0.25) is 5.02 Å². The van der Waals surface area contributed by atoms with Crippen molar-refractivity contribution in [2.45, 2.75) is 33.1 Å². The summed E-state index contributed by atoms with van der Waals surface area (Å²) in [7, 11) is 0. The van der Waals surface area contributed by atoms with Crippen LogP contribution in [0.4, 0.5) is 5.69 Å². The van der Waals surface area contributed by atoms with Crippen molar-refractivity contribution in [1.82, 2.24) is 10.1 Å². The Balaban J connectivity index is 1.56. The molecule has 1 aliphatic heterocycles. The first kappa shape index (κ1) is 17.7. The van der Waals surface area contributed by atoms with Gasteiger partial charge in [0.15, 0.2) is 0 Å². The second-order valence-electron chi connectivity index (χ2n) is 7.09. The van der Waals surface area contributed by atoms with Gasteiger partial charge in [-0.1, -0.05) is 28.9 Å². The SMILES string of the molecule is Cc1ccc(-c2noc(C3CC(=O)N(c4ccc(Cl)c(C)c4)C3)n2)cc1C. The molecule has 1 aliphatic rings. The number of carbonyl (C=O) groups is 1. The lowest BCUT2D eigenvalue weighted by Gasteiger charge is -2.17. The molecule has 1 saturated heterocycles. The molecule has 4 rings (SSSR count). The number of hydrogen-bond acceptors (Lipinski definition) is 4. The third-order valence-corrected chi connectivity index (χ3v) is 5.56. The van der Waals surface area contributed by atoms with Crippen LogP contribution in [0, 0.1) is 20.8 Å². The van der Waals surface area contributed by atoms with E-state index in [4.69, 9.17) is 16.1 Å². The first-order valence-corrected chi connectivity index (χ1v) is 9.28. The molecule has 1 fully saturated rings. The zero-order valence-electron chi connectivity index (χ0n) is 15.5. The molecule has 3 aromatic rings. The van der Waals surface area contributed by atoms with Crippen LogP contribution in [0.15, 0.2) is 40.9 Å². The Kier molecular flexibility index (Phi) is 4.48. The number of rotatable bonds is 3. The highest BCUT2D eigenvalue weighted by Crippen LogP contribution is 2.33. The summed E-state index contributed by atoms with van der Waals surface area (Å²) in [5.74, 6) is 1.00. The molecule has 0 aliphatic carbocycles. The molecule has 1 atom stereocenters. The molecule has 1 unspecified atom stereocenters. The van der Waals surface area contributed by atoms with Gasteiger partial charge in [-0.05, 0) is 61.7 Å². The molecule has 0 radical (unpaired) electrons. The van der Waals surface area contributed by atoms with Gasteiger partial charge < -0.3 is 9.42 Å². The van der Waals surface area contributed by atoms with Gasteiger partial charge in [0, 0.05) is 29.2 Å². The number of anilines is 1. The van der Waals surface area contributed by atoms with Crippen molar-refractivity contribution < 1.29 is 9.32 Å². The first-order valence-electron chi connectivity index (χ1n) is 8.90. The Bertz CT molecular complexity index is 1030. The average molecular weight is 382 g/mol. The summed E-state index contributed by atoms with van der Waals surface area (Å²) in [6.07, 6.45) is 0.357. The topological polar surface area (TPSA) is 59.2 Å². The van der Waals surface area contributed by atoms with Gasteiger partial charge in [-0.3, -0.25) is 4.79 Å². The second-order valence-corrected chi connectivity index (χ2v) is 7.50. The first-order chi connectivity index (χ1) is 12.9. The predicted octanol–water partition coefficient (Wildman–Crippen LogP) is 4.84. The van der Waals surface area contributed by atoms with Crippen LogP contribution in [0.5, 0.6) is 0 Å². The number of aryl methyl sites for hydroxylation is 3. The van der Waals surface area contributed by atoms with Gasteiger partial charge in [0.25, 0.3) is 0 Å². The molecule has 0 spiro atoms. The zero-order valence-corrected chi connectivity index (χ0v) is 16.2. The maximum absolute atomic E-state index is 12.5. The van der Waals surface area contributed by atoms with E-state index in [2.05, 4.69) is 24.0 Å². The summed E-state index contributed by atoms with van der Waals surface area (Å²) >= 11 is 6.09. The number of halogens is 1. The molecule has 2 heterocycles. The lowest BCUT2D eigenvalue weighted by Crippen LogP contribution is -2.24. The second kappa shape index (κ2) is 6.82. The van der Waals surface area contributed by atoms with E-state index in [1.165, 1.54) is 11.1 Å². The van der Waals surface area contributed by atoms with Crippen molar-refractivity contribution in [2.75, 3.05) is 11.4 Å². The van der Waals surface area contributed by atoms with Crippen LogP contribution in [0.1, 0.15) is 34.9 Å². The minimum absolute atomic E-state index is 0.0488. The lowest BCUT2D eigenvalue weighted by molar-refractivity contribution is -0.117. The summed E-state index contributed by atoms with van der Waals surface area (Å²) in [5.41, 5.74) is 5.11. The molecule has 27 heavy (non-hydrogen) atoms. The van der Waals surface area contributed by atoms with Gasteiger partial charge in [0.2, 0.25) is 17.6 Å². The number of hydrogen-bond donors (Lipinski definition) is 0. The van der Waals surface area contributed by atoms with E-state index in [1.807, 2.05) is 43.3 Å². The maximum atomic E-state index is 12.5. The minimum Gasteiger partial charge on any atom is -0.339 e. The van der Waals surface area contributed by atoms with Crippen LogP contribution >= 0.6 is 11.6 Å². The van der Waals surface area contributed by atoms with Crippen LogP contribution < -0.4 is 4.90 Å². The van der Waals surface area contributed by atoms with Crippen LogP contribution in [-0.4, -0.2) is 22.6 Å². The van der Waals surface area contributed by atoms with Crippen LogP contribution in [0.25, 0.3) is 11.4 Å². The van der Waals surface area contributed by atoms with Crippen molar-refractivity contribution in [2.24, 2.45) is 0 Å². The van der Waals surface area contributed by atoms with E-state index >= 15 is 0 Å². The van der Waals surface area contributed by atoms with Gasteiger partial charge in [-0.25, -0.2) is 0 Å². The van der Waals surface area contributed by atoms with E-state index in [1.54, 1.807) is 4.90 Å². The highest BCUT2D eigenvalue weighted by atomic mass is 35.5. The number of aromatic nitrogens is 2. The fourth-order valence-corrected chi connectivity index (χ4v) is 3.44. The Morgan fingerprint density at radius 3 is 2.63 bits per heavy atom. The summed E-state index contributed by atoms with van der Waals surface area (Å²) in [4.78, 5) is 18.8. The monoisotopic (exact) mass is 381 g/mol. The van der Waals surface area contributed by atoms with Gasteiger partial charge >= 0.3 is 0 Å². The van der Waals surface area contributed by atoms with Crippen molar-refractivity contribution in [3.8, 4) is 11.4 Å². The molecule has 0 saturated carbocycles. The zero-order chi connectivity index (χ0) is 19.1. The molecule has 1 amide bonds. The van der Waals surface area contributed by atoms with Gasteiger partial charge in [0.1, 0.15) is 0 Å². The normalized spacial score (nSPS) is 17.0. The summed E-state index contributed by atoms with van der Waals surface area (Å²) < 4.78 is 5.49. The van der Waals surface area contributed by atoms with Gasteiger partial charge in [0.05, 0.1) is 5.92 Å². The van der Waals surface area contributed by atoms with Crippen molar-refractivity contribution >= 4 is 23.2 Å². The largest absolute Gasteiger partial charge is 0.339 e. The maximum Gasteiger partial charge on any atom is 0.232 e. The molecule has 2 aromatic carbocycles. The van der Waals surface area contributed by atoms with Gasteiger partial charge in [-0.2, -0.15) is 4.98 Å². The fraction of sp³-hybridized carbons (Fsp3) is 0.286. The molecule has 0 N–H and O–H groups in total. The van der Waals surface area contributed by atoms with Crippen LogP contribution in [0.3, 0.4) is 0 Å². The highest BCUT2D eigenvalue weighted by Gasteiger charge is 2.35. The molecule has 5 nitrogen and oxygen atoms in total. The molecule has 1 aromatic heterocycles. The third kappa shape index (κ3) is 3.35. The average Bonchev–Trinajstić information content (AvgIpc) is 3.27. The van der Waals surface area contributed by atoms with Crippen molar-refractivity contribution in [1.29, 1.82) is 0 Å². The van der Waals surface area contributed by atoms with Crippen molar-refractivity contribution in [3.05, 3.63) is 64.0 Å². The molecule has 138 valence electrons. The van der Waals surface area contributed by atoms with E-state index in [9.17, 15) is 4.79 Å². The Morgan fingerprint density at radius 1 is 1.07 bits per heavy atom. The molecule has 6 heteroatoms. The molecular weight excluding hydrogens is 362 g/mol. The summed E-state index contributed by atoms with van der Waals surface area (Å²) in [6, 6.07) is 11.7. The Hall–Kier alpha value is -2.66. The lowest BCUT2D eigenvalue weighted by atomic mass is 10.1. The smallest absolute Gasteiger partial charge is 0.232 e. The van der Waals surface area contributed by atoms with E-state index < -0.39 is 0 Å². The van der Waals surface area contributed by atoms with E-state index in [0.29, 0.717) is 29.7 Å². The van der Waals surface area contributed by atoms with Crippen molar-refractivity contribution in [3.63, 3.8) is 0 Å². The number of amides is 1. The van der Waals surface area contributed by atoms with Crippen LogP contribution in [-0.2, 0) is 4.79 Å². The highest BCUT2D eigenvalue weighted by molar-refractivity contribution is 6.31. The fourth-order valence-electron chi connectivity index (χ4n) is 3.32.